The number of benzene rings is 1. The van der Waals surface area contributed by atoms with Crippen LogP contribution in [0.1, 0.15) is 37.2 Å². The molecule has 0 bridgehead atoms. The number of phenolic OH excluding ortho intramolecular Hbond substituents is 1. The zero-order chi connectivity index (χ0) is 14.2. The van der Waals surface area contributed by atoms with Gasteiger partial charge in [-0.2, -0.15) is 13.2 Å². The van der Waals surface area contributed by atoms with Crippen molar-refractivity contribution in [3.05, 3.63) is 29.0 Å². The summed E-state index contributed by atoms with van der Waals surface area (Å²) in [7, 11) is 0. The Kier molecular flexibility index (Phi) is 3.47. The quantitative estimate of drug-likeness (QED) is 0.880. The number of hydrogen-bond donors (Lipinski definition) is 1. The van der Waals surface area contributed by atoms with Crippen LogP contribution in [0.25, 0.3) is 11.0 Å². The zero-order valence-corrected chi connectivity index (χ0v) is 10.8. The summed E-state index contributed by atoms with van der Waals surface area (Å²) in [5.41, 5.74) is -0.112. The molecular weight excluding hydrogens is 257 g/mol. The topological polar surface area (TPSA) is 33.4 Å². The van der Waals surface area contributed by atoms with Gasteiger partial charge >= 0.3 is 6.18 Å². The molecule has 19 heavy (non-hydrogen) atoms. The Bertz CT molecular complexity index is 597. The fourth-order valence-electron chi connectivity index (χ4n) is 2.31. The van der Waals surface area contributed by atoms with Crippen LogP contribution in [-0.2, 0) is 19.0 Å². The van der Waals surface area contributed by atoms with Gasteiger partial charge in [0.1, 0.15) is 22.7 Å². The number of aromatic hydroxyl groups is 1. The summed E-state index contributed by atoms with van der Waals surface area (Å²) in [5, 5.41) is 9.81. The molecule has 2 nitrogen and oxygen atoms in total. The fraction of sp³-hybridized carbons (Fsp3) is 0.429. The predicted molar refractivity (Wildman–Crippen MR) is 66.3 cm³/mol. The Labute approximate surface area is 108 Å². The van der Waals surface area contributed by atoms with Gasteiger partial charge in [-0.15, -0.1) is 0 Å². The van der Waals surface area contributed by atoms with Crippen LogP contribution < -0.4 is 0 Å². The second kappa shape index (κ2) is 4.79. The van der Waals surface area contributed by atoms with Crippen LogP contribution in [0.15, 0.2) is 16.5 Å². The summed E-state index contributed by atoms with van der Waals surface area (Å²) < 4.78 is 44.6. The molecule has 2 aromatic rings. The minimum absolute atomic E-state index is 0.0144. The van der Waals surface area contributed by atoms with E-state index in [2.05, 4.69) is 0 Å². The predicted octanol–water partition coefficient (Wildman–Crippen LogP) is 4.67. The highest BCUT2D eigenvalue weighted by Gasteiger charge is 2.38. The van der Waals surface area contributed by atoms with Crippen molar-refractivity contribution in [2.75, 3.05) is 0 Å². The molecule has 0 aliphatic rings. The lowest BCUT2D eigenvalue weighted by Gasteiger charge is -2.06. The van der Waals surface area contributed by atoms with E-state index in [1.165, 1.54) is 12.1 Å². The van der Waals surface area contributed by atoms with Crippen molar-refractivity contribution in [2.24, 2.45) is 0 Å². The number of fused-ring (bicyclic) bond motifs is 1. The van der Waals surface area contributed by atoms with Crippen molar-refractivity contribution in [1.29, 1.82) is 0 Å². The van der Waals surface area contributed by atoms with Crippen LogP contribution >= 0.6 is 0 Å². The Morgan fingerprint density at radius 3 is 2.42 bits per heavy atom. The molecule has 5 heteroatoms. The molecule has 0 saturated carbocycles. The highest BCUT2D eigenvalue weighted by atomic mass is 19.4. The van der Waals surface area contributed by atoms with Gasteiger partial charge < -0.3 is 9.52 Å². The highest BCUT2D eigenvalue weighted by molar-refractivity contribution is 5.87. The van der Waals surface area contributed by atoms with E-state index in [4.69, 9.17) is 4.42 Å². The lowest BCUT2D eigenvalue weighted by Crippen LogP contribution is -2.06. The van der Waals surface area contributed by atoms with Gasteiger partial charge in [-0.25, -0.2) is 0 Å². The molecule has 0 fully saturated rings. The summed E-state index contributed by atoms with van der Waals surface area (Å²) in [6, 6.07) is 2.58. The lowest BCUT2D eigenvalue weighted by molar-refractivity contribution is -0.137. The van der Waals surface area contributed by atoms with Crippen LogP contribution in [0.3, 0.4) is 0 Å². The maximum Gasteiger partial charge on any atom is 0.420 e. The first kappa shape index (κ1) is 13.8. The molecule has 0 saturated heterocycles. The van der Waals surface area contributed by atoms with E-state index < -0.39 is 11.7 Å². The van der Waals surface area contributed by atoms with Crippen molar-refractivity contribution in [2.45, 2.75) is 39.3 Å². The van der Waals surface area contributed by atoms with E-state index in [1.54, 1.807) is 6.92 Å². The van der Waals surface area contributed by atoms with E-state index in [1.807, 2.05) is 6.92 Å². The number of furan rings is 1. The molecule has 0 spiro atoms. The van der Waals surface area contributed by atoms with Gasteiger partial charge in [-0.1, -0.05) is 20.3 Å². The van der Waals surface area contributed by atoms with E-state index in [0.29, 0.717) is 12.0 Å². The van der Waals surface area contributed by atoms with Gasteiger partial charge in [0.2, 0.25) is 0 Å². The van der Waals surface area contributed by atoms with Crippen LogP contribution in [-0.4, -0.2) is 5.11 Å². The maximum absolute atomic E-state index is 13.1. The lowest BCUT2D eigenvalue weighted by atomic mass is 10.0. The summed E-state index contributed by atoms with van der Waals surface area (Å²) in [6.07, 6.45) is -3.08. The molecule has 0 unspecified atom stereocenters. The van der Waals surface area contributed by atoms with Crippen molar-refractivity contribution >= 4 is 11.0 Å². The van der Waals surface area contributed by atoms with E-state index in [9.17, 15) is 18.3 Å². The van der Waals surface area contributed by atoms with E-state index in [-0.39, 0.29) is 28.9 Å². The second-order valence-corrected chi connectivity index (χ2v) is 4.44. The molecule has 104 valence electrons. The third-order valence-corrected chi connectivity index (χ3v) is 3.11. The van der Waals surface area contributed by atoms with Crippen LogP contribution in [0.4, 0.5) is 13.2 Å². The molecular formula is C14H15F3O2. The van der Waals surface area contributed by atoms with E-state index in [0.717, 1.165) is 6.42 Å². The highest BCUT2D eigenvalue weighted by Crippen LogP contribution is 2.42. The average Bonchev–Trinajstić information content (AvgIpc) is 2.71. The van der Waals surface area contributed by atoms with Crippen molar-refractivity contribution < 1.29 is 22.7 Å². The molecule has 0 radical (unpaired) electrons. The van der Waals surface area contributed by atoms with Crippen LogP contribution in [0, 0.1) is 0 Å². The molecule has 0 amide bonds. The Morgan fingerprint density at radius 2 is 1.89 bits per heavy atom. The molecule has 1 N–H and O–H groups in total. The van der Waals surface area contributed by atoms with Gasteiger partial charge in [-0.3, -0.25) is 0 Å². The number of halogens is 3. The van der Waals surface area contributed by atoms with Crippen LogP contribution in [0.5, 0.6) is 5.75 Å². The summed E-state index contributed by atoms with van der Waals surface area (Å²) in [5.74, 6) is -0.0927. The van der Waals surface area contributed by atoms with Gasteiger partial charge in [0.15, 0.2) is 0 Å². The molecule has 0 aliphatic carbocycles. The Balaban J connectivity index is 2.80. The van der Waals surface area contributed by atoms with E-state index >= 15 is 0 Å². The minimum atomic E-state index is -4.45. The van der Waals surface area contributed by atoms with Gasteiger partial charge in [0.05, 0.1) is 0 Å². The van der Waals surface area contributed by atoms with Gasteiger partial charge in [0.25, 0.3) is 0 Å². The summed E-state index contributed by atoms with van der Waals surface area (Å²) in [6.45, 7) is 3.51. The Hall–Kier alpha value is -1.65. The smallest absolute Gasteiger partial charge is 0.420 e. The standard InChI is InChI=1S/C14H15F3O2/c1-3-5-8-10(18)7-6-9-12(14(15,16)17)11(4-2)19-13(8)9/h6-7,18H,3-5H2,1-2H3. The monoisotopic (exact) mass is 272 g/mol. The number of hydrogen-bond acceptors (Lipinski definition) is 2. The van der Waals surface area contributed by atoms with Gasteiger partial charge in [-0.05, 0) is 18.6 Å². The average molecular weight is 272 g/mol. The third-order valence-electron chi connectivity index (χ3n) is 3.11. The first-order valence-corrected chi connectivity index (χ1v) is 6.23. The zero-order valence-electron chi connectivity index (χ0n) is 10.8. The third kappa shape index (κ3) is 2.29. The summed E-state index contributed by atoms with van der Waals surface area (Å²) in [4.78, 5) is 0. The number of aryl methyl sites for hydroxylation is 2. The normalized spacial score (nSPS) is 12.3. The van der Waals surface area contributed by atoms with Gasteiger partial charge in [0, 0.05) is 17.4 Å². The molecule has 0 aliphatic heterocycles. The first-order valence-electron chi connectivity index (χ1n) is 6.23. The number of alkyl halides is 3. The number of phenols is 1. The minimum Gasteiger partial charge on any atom is -0.508 e. The number of rotatable bonds is 3. The molecule has 2 rings (SSSR count). The second-order valence-electron chi connectivity index (χ2n) is 4.44. The van der Waals surface area contributed by atoms with Crippen molar-refractivity contribution in [3.63, 3.8) is 0 Å². The maximum atomic E-state index is 13.1. The molecule has 1 aromatic heterocycles. The summed E-state index contributed by atoms with van der Waals surface area (Å²) >= 11 is 0. The fourth-order valence-corrected chi connectivity index (χ4v) is 2.31. The Morgan fingerprint density at radius 1 is 1.21 bits per heavy atom. The van der Waals surface area contributed by atoms with Crippen molar-refractivity contribution in [1.82, 2.24) is 0 Å². The largest absolute Gasteiger partial charge is 0.508 e. The molecule has 1 heterocycles. The first-order chi connectivity index (χ1) is 8.90. The molecule has 0 atom stereocenters. The SMILES string of the molecule is CCCc1c(O)ccc2c(C(F)(F)F)c(CC)oc12. The van der Waals surface area contributed by atoms with Crippen molar-refractivity contribution in [3.8, 4) is 5.75 Å². The molecule has 1 aromatic carbocycles. The van der Waals surface area contributed by atoms with Crippen LogP contribution in [0.2, 0.25) is 0 Å².